The summed E-state index contributed by atoms with van der Waals surface area (Å²) in [6.07, 6.45) is 6.71. The SMILES string of the molecule is CCc1cnccc1C(C)NCCN(Cc1ccccc1)c1ccccn1. The van der Waals surface area contributed by atoms with Crippen molar-refractivity contribution >= 4 is 5.82 Å². The molecule has 3 aromatic rings. The summed E-state index contributed by atoms with van der Waals surface area (Å²) >= 11 is 0. The summed E-state index contributed by atoms with van der Waals surface area (Å²) < 4.78 is 0. The highest BCUT2D eigenvalue weighted by atomic mass is 15.2. The predicted molar refractivity (Wildman–Crippen MR) is 112 cm³/mol. The average molecular weight is 361 g/mol. The van der Waals surface area contributed by atoms with E-state index in [0.717, 1.165) is 31.9 Å². The molecule has 0 bridgehead atoms. The molecule has 2 heterocycles. The first-order chi connectivity index (χ1) is 13.3. The second-order valence-corrected chi connectivity index (χ2v) is 6.70. The molecule has 4 heteroatoms. The molecule has 1 unspecified atom stereocenters. The minimum Gasteiger partial charge on any atom is -0.351 e. The normalized spacial score (nSPS) is 11.9. The minimum atomic E-state index is 0.297. The molecule has 1 atom stereocenters. The summed E-state index contributed by atoms with van der Waals surface area (Å²) in [5, 5.41) is 3.66. The molecule has 140 valence electrons. The second kappa shape index (κ2) is 9.83. The van der Waals surface area contributed by atoms with Crippen LogP contribution in [0.3, 0.4) is 0 Å². The fraction of sp³-hybridized carbons (Fsp3) is 0.304. The largest absolute Gasteiger partial charge is 0.351 e. The van der Waals surface area contributed by atoms with E-state index in [0.29, 0.717) is 6.04 Å². The highest BCUT2D eigenvalue weighted by molar-refractivity contribution is 5.39. The quantitative estimate of drug-likeness (QED) is 0.614. The fourth-order valence-electron chi connectivity index (χ4n) is 3.30. The van der Waals surface area contributed by atoms with Crippen LogP contribution in [-0.4, -0.2) is 23.1 Å². The summed E-state index contributed by atoms with van der Waals surface area (Å²) in [6.45, 7) is 7.02. The van der Waals surface area contributed by atoms with E-state index in [4.69, 9.17) is 0 Å². The Kier molecular flexibility index (Phi) is 6.94. The van der Waals surface area contributed by atoms with Crippen molar-refractivity contribution in [1.29, 1.82) is 0 Å². The van der Waals surface area contributed by atoms with Gasteiger partial charge >= 0.3 is 0 Å². The van der Waals surface area contributed by atoms with Crippen molar-refractivity contribution in [1.82, 2.24) is 15.3 Å². The Morgan fingerprint density at radius 1 is 1.00 bits per heavy atom. The van der Waals surface area contributed by atoms with Gasteiger partial charge in [-0.2, -0.15) is 0 Å². The maximum Gasteiger partial charge on any atom is 0.128 e. The van der Waals surface area contributed by atoms with Crippen LogP contribution in [0.5, 0.6) is 0 Å². The van der Waals surface area contributed by atoms with Gasteiger partial charge < -0.3 is 10.2 Å². The van der Waals surface area contributed by atoms with Crippen LogP contribution in [0.15, 0.2) is 73.2 Å². The number of hydrogen-bond acceptors (Lipinski definition) is 4. The Balaban J connectivity index is 1.64. The standard InChI is InChI=1S/C23H28N4/c1-3-21-17-24-14-12-22(21)19(2)25-15-16-27(23-11-7-8-13-26-23)18-20-9-5-4-6-10-20/h4-14,17,19,25H,3,15-16,18H2,1-2H3. The van der Waals surface area contributed by atoms with E-state index in [1.807, 2.05) is 30.7 Å². The van der Waals surface area contributed by atoms with E-state index in [-0.39, 0.29) is 0 Å². The number of rotatable bonds is 9. The summed E-state index contributed by atoms with van der Waals surface area (Å²) in [7, 11) is 0. The third kappa shape index (κ3) is 5.38. The number of pyridine rings is 2. The molecule has 0 aliphatic rings. The molecular formula is C23H28N4. The zero-order valence-corrected chi connectivity index (χ0v) is 16.2. The molecule has 0 spiro atoms. The van der Waals surface area contributed by atoms with Gasteiger partial charge in [0.15, 0.2) is 0 Å². The van der Waals surface area contributed by atoms with Gasteiger partial charge in [0.05, 0.1) is 0 Å². The van der Waals surface area contributed by atoms with Crippen LogP contribution in [0, 0.1) is 0 Å². The van der Waals surface area contributed by atoms with Crippen molar-refractivity contribution in [2.45, 2.75) is 32.9 Å². The topological polar surface area (TPSA) is 41.1 Å². The zero-order valence-electron chi connectivity index (χ0n) is 16.2. The molecule has 0 amide bonds. The molecule has 1 aromatic carbocycles. The van der Waals surface area contributed by atoms with Crippen LogP contribution in [0.4, 0.5) is 5.82 Å². The number of hydrogen-bond donors (Lipinski definition) is 1. The molecule has 2 aromatic heterocycles. The maximum atomic E-state index is 4.55. The lowest BCUT2D eigenvalue weighted by molar-refractivity contribution is 0.563. The van der Waals surface area contributed by atoms with Crippen LogP contribution in [0.25, 0.3) is 0 Å². The molecular weight excluding hydrogens is 332 g/mol. The van der Waals surface area contributed by atoms with E-state index in [2.05, 4.69) is 76.5 Å². The van der Waals surface area contributed by atoms with Crippen LogP contribution in [0.2, 0.25) is 0 Å². The molecule has 3 rings (SSSR count). The van der Waals surface area contributed by atoms with Gasteiger partial charge in [0, 0.05) is 44.3 Å². The number of nitrogens with zero attached hydrogens (tertiary/aromatic N) is 3. The lowest BCUT2D eigenvalue weighted by atomic mass is 10.0. The Morgan fingerprint density at radius 2 is 1.81 bits per heavy atom. The van der Waals surface area contributed by atoms with Crippen LogP contribution in [0.1, 0.15) is 36.6 Å². The van der Waals surface area contributed by atoms with Gasteiger partial charge in [-0.1, -0.05) is 43.3 Å². The van der Waals surface area contributed by atoms with Gasteiger partial charge in [-0.3, -0.25) is 4.98 Å². The average Bonchev–Trinajstić information content (AvgIpc) is 2.74. The minimum absolute atomic E-state index is 0.297. The van der Waals surface area contributed by atoms with E-state index in [1.54, 1.807) is 0 Å². The van der Waals surface area contributed by atoms with E-state index in [1.165, 1.54) is 16.7 Å². The molecule has 27 heavy (non-hydrogen) atoms. The first kappa shape index (κ1) is 19.1. The predicted octanol–water partition coefficient (Wildman–Crippen LogP) is 4.40. The summed E-state index contributed by atoms with van der Waals surface area (Å²) in [6, 6.07) is 19.0. The summed E-state index contributed by atoms with van der Waals surface area (Å²) in [4.78, 5) is 11.1. The Hall–Kier alpha value is -2.72. The molecule has 0 radical (unpaired) electrons. The zero-order chi connectivity index (χ0) is 18.9. The first-order valence-electron chi connectivity index (χ1n) is 9.64. The Morgan fingerprint density at radius 3 is 2.56 bits per heavy atom. The molecule has 1 N–H and O–H groups in total. The molecule has 0 saturated carbocycles. The highest BCUT2D eigenvalue weighted by Gasteiger charge is 2.12. The van der Waals surface area contributed by atoms with E-state index in [9.17, 15) is 0 Å². The lowest BCUT2D eigenvalue weighted by Gasteiger charge is -2.25. The molecule has 0 aliphatic heterocycles. The third-order valence-electron chi connectivity index (χ3n) is 4.81. The van der Waals surface area contributed by atoms with Crippen LogP contribution < -0.4 is 10.2 Å². The smallest absolute Gasteiger partial charge is 0.128 e. The van der Waals surface area contributed by atoms with Gasteiger partial charge in [0.25, 0.3) is 0 Å². The lowest BCUT2D eigenvalue weighted by Crippen LogP contribution is -2.33. The van der Waals surface area contributed by atoms with Crippen molar-refractivity contribution in [3.8, 4) is 0 Å². The van der Waals surface area contributed by atoms with Gasteiger partial charge in [0.2, 0.25) is 0 Å². The van der Waals surface area contributed by atoms with Gasteiger partial charge in [-0.25, -0.2) is 4.98 Å². The van der Waals surface area contributed by atoms with Crippen LogP contribution >= 0.6 is 0 Å². The molecule has 4 nitrogen and oxygen atoms in total. The Labute approximate surface area is 162 Å². The van der Waals surface area contributed by atoms with Crippen LogP contribution in [-0.2, 0) is 13.0 Å². The van der Waals surface area contributed by atoms with E-state index >= 15 is 0 Å². The third-order valence-corrected chi connectivity index (χ3v) is 4.81. The number of nitrogens with one attached hydrogen (secondary N) is 1. The van der Waals surface area contributed by atoms with Gasteiger partial charge in [-0.15, -0.1) is 0 Å². The summed E-state index contributed by atoms with van der Waals surface area (Å²) in [5.74, 6) is 1.01. The Bertz CT molecular complexity index is 805. The van der Waals surface area contributed by atoms with Crippen molar-refractivity contribution < 1.29 is 0 Å². The molecule has 0 fully saturated rings. The second-order valence-electron chi connectivity index (χ2n) is 6.70. The fourth-order valence-corrected chi connectivity index (χ4v) is 3.30. The van der Waals surface area contributed by atoms with Crippen molar-refractivity contribution in [2.24, 2.45) is 0 Å². The van der Waals surface area contributed by atoms with Crippen molar-refractivity contribution in [3.05, 3.63) is 89.9 Å². The monoisotopic (exact) mass is 360 g/mol. The number of aromatic nitrogens is 2. The first-order valence-corrected chi connectivity index (χ1v) is 9.64. The maximum absolute atomic E-state index is 4.55. The van der Waals surface area contributed by atoms with Crippen molar-refractivity contribution in [2.75, 3.05) is 18.0 Å². The van der Waals surface area contributed by atoms with Gasteiger partial charge in [0.1, 0.15) is 5.82 Å². The summed E-state index contributed by atoms with van der Waals surface area (Å²) in [5.41, 5.74) is 3.93. The highest BCUT2D eigenvalue weighted by Crippen LogP contribution is 2.18. The number of aryl methyl sites for hydroxylation is 1. The molecule has 0 saturated heterocycles. The van der Waals surface area contributed by atoms with Crippen molar-refractivity contribution in [3.63, 3.8) is 0 Å². The number of anilines is 1. The van der Waals surface area contributed by atoms with E-state index < -0.39 is 0 Å². The molecule has 0 aliphatic carbocycles. The number of benzene rings is 1. The van der Waals surface area contributed by atoms with Gasteiger partial charge in [-0.05, 0) is 48.2 Å².